The van der Waals surface area contributed by atoms with E-state index in [1.165, 1.54) is 44.2 Å². The third-order valence-electron chi connectivity index (χ3n) is 4.20. The average molecular weight is 249 g/mol. The molecule has 2 unspecified atom stereocenters. The fourth-order valence-corrected chi connectivity index (χ4v) is 3.28. The minimum absolute atomic E-state index is 0.702. The van der Waals surface area contributed by atoms with Crippen molar-refractivity contribution in [2.45, 2.75) is 58.4 Å². The molecule has 1 aliphatic rings. The van der Waals surface area contributed by atoms with Gasteiger partial charge >= 0.3 is 0 Å². The van der Waals surface area contributed by atoms with E-state index in [-0.39, 0.29) is 0 Å². The van der Waals surface area contributed by atoms with Crippen LogP contribution in [0, 0.1) is 12.8 Å². The highest BCUT2D eigenvalue weighted by Crippen LogP contribution is 2.26. The summed E-state index contributed by atoms with van der Waals surface area (Å²) in [6.07, 6.45) is 8.07. The molecule has 1 aromatic rings. The lowest BCUT2D eigenvalue weighted by atomic mass is 9.90. The molecule has 1 saturated carbocycles. The summed E-state index contributed by atoms with van der Waals surface area (Å²) < 4.78 is 2.06. The highest BCUT2D eigenvalue weighted by Gasteiger charge is 2.24. The van der Waals surface area contributed by atoms with E-state index < -0.39 is 0 Å². The predicted molar refractivity (Wildman–Crippen MR) is 75.7 cm³/mol. The van der Waals surface area contributed by atoms with Gasteiger partial charge in [0.2, 0.25) is 0 Å². The number of aryl methyl sites for hydroxylation is 2. The smallest absolute Gasteiger partial charge is 0.0596 e. The Balaban J connectivity index is 2.05. The lowest BCUT2D eigenvalue weighted by Gasteiger charge is -2.25. The molecule has 1 aliphatic carbocycles. The Morgan fingerprint density at radius 2 is 2.11 bits per heavy atom. The van der Waals surface area contributed by atoms with Crippen LogP contribution in [0.3, 0.4) is 0 Å². The van der Waals surface area contributed by atoms with Gasteiger partial charge < -0.3 is 5.32 Å². The molecular weight excluding hydrogens is 222 g/mol. The maximum atomic E-state index is 4.47. The first-order valence-electron chi connectivity index (χ1n) is 7.43. The van der Waals surface area contributed by atoms with Gasteiger partial charge in [0, 0.05) is 18.8 Å². The lowest BCUT2D eigenvalue weighted by Crippen LogP contribution is -2.36. The van der Waals surface area contributed by atoms with Gasteiger partial charge in [-0.2, -0.15) is 5.10 Å². The molecule has 1 heterocycles. The Bertz CT molecular complexity index is 370. The minimum Gasteiger partial charge on any atom is -0.314 e. The summed E-state index contributed by atoms with van der Waals surface area (Å²) in [7, 11) is 2.07. The van der Waals surface area contributed by atoms with Gasteiger partial charge in [-0.05, 0) is 44.7 Å². The largest absolute Gasteiger partial charge is 0.314 e. The monoisotopic (exact) mass is 249 g/mol. The van der Waals surface area contributed by atoms with Crippen molar-refractivity contribution in [3.8, 4) is 0 Å². The second-order valence-electron chi connectivity index (χ2n) is 5.67. The molecule has 18 heavy (non-hydrogen) atoms. The van der Waals surface area contributed by atoms with Gasteiger partial charge in [0.25, 0.3) is 0 Å². The molecule has 0 saturated heterocycles. The quantitative estimate of drug-likeness (QED) is 0.832. The Morgan fingerprint density at radius 1 is 1.33 bits per heavy atom. The van der Waals surface area contributed by atoms with E-state index in [2.05, 4.69) is 42.1 Å². The van der Waals surface area contributed by atoms with E-state index in [1.54, 1.807) is 0 Å². The van der Waals surface area contributed by atoms with Crippen molar-refractivity contribution in [2.75, 3.05) is 6.54 Å². The third kappa shape index (κ3) is 3.35. The Hall–Kier alpha value is -0.830. The Labute approximate surface area is 111 Å². The molecule has 1 aromatic heterocycles. The van der Waals surface area contributed by atoms with Crippen LogP contribution in [0.25, 0.3) is 0 Å². The van der Waals surface area contributed by atoms with Crippen LogP contribution in [0.15, 0.2) is 6.07 Å². The van der Waals surface area contributed by atoms with Crippen molar-refractivity contribution in [3.05, 3.63) is 17.5 Å². The van der Waals surface area contributed by atoms with E-state index in [4.69, 9.17) is 0 Å². The van der Waals surface area contributed by atoms with Crippen LogP contribution in [-0.2, 0) is 13.5 Å². The zero-order valence-corrected chi connectivity index (χ0v) is 12.1. The number of hydrogen-bond acceptors (Lipinski definition) is 2. The normalized spacial score (nSPS) is 25.1. The second-order valence-corrected chi connectivity index (χ2v) is 5.67. The molecule has 0 radical (unpaired) electrons. The average Bonchev–Trinajstić information content (AvgIpc) is 2.52. The van der Waals surface area contributed by atoms with Gasteiger partial charge in [0.1, 0.15) is 0 Å². The van der Waals surface area contributed by atoms with E-state index in [9.17, 15) is 0 Å². The molecule has 0 bridgehead atoms. The Morgan fingerprint density at radius 3 is 2.78 bits per heavy atom. The number of rotatable bonds is 4. The second kappa shape index (κ2) is 6.37. The van der Waals surface area contributed by atoms with Gasteiger partial charge in [0.05, 0.1) is 5.69 Å². The van der Waals surface area contributed by atoms with Crippen LogP contribution >= 0.6 is 0 Å². The summed E-state index contributed by atoms with van der Waals surface area (Å²) in [5.74, 6) is 0.780. The van der Waals surface area contributed by atoms with Gasteiger partial charge in [-0.3, -0.25) is 4.68 Å². The third-order valence-corrected chi connectivity index (χ3v) is 4.20. The van der Waals surface area contributed by atoms with E-state index in [0.29, 0.717) is 6.04 Å². The van der Waals surface area contributed by atoms with Crippen LogP contribution in [-0.4, -0.2) is 22.4 Å². The highest BCUT2D eigenvalue weighted by atomic mass is 15.3. The molecule has 3 nitrogen and oxygen atoms in total. The molecule has 1 fully saturated rings. The van der Waals surface area contributed by atoms with Crippen LogP contribution < -0.4 is 5.32 Å². The summed E-state index contributed by atoms with van der Waals surface area (Å²) in [5.41, 5.74) is 2.53. The maximum Gasteiger partial charge on any atom is 0.0596 e. The SMILES string of the molecule is CCNC1CCCCCC1Cc1cc(C)nn1C. The van der Waals surface area contributed by atoms with E-state index >= 15 is 0 Å². The van der Waals surface area contributed by atoms with Gasteiger partial charge in [-0.15, -0.1) is 0 Å². The van der Waals surface area contributed by atoms with Gasteiger partial charge in [-0.1, -0.05) is 26.2 Å². The summed E-state index contributed by atoms with van der Waals surface area (Å²) in [6.45, 7) is 5.39. The molecule has 0 spiro atoms. The van der Waals surface area contributed by atoms with Crippen molar-refractivity contribution < 1.29 is 0 Å². The predicted octanol–water partition coefficient (Wildman–Crippen LogP) is 2.83. The molecule has 1 N–H and O–H groups in total. The standard InChI is InChI=1S/C15H27N3/c1-4-16-15-9-7-5-6-8-13(15)11-14-10-12(2)17-18(14)3/h10,13,15-16H,4-9,11H2,1-3H3. The number of aromatic nitrogens is 2. The van der Waals surface area contributed by atoms with Crippen LogP contribution in [0.1, 0.15) is 50.4 Å². The van der Waals surface area contributed by atoms with Crippen molar-refractivity contribution >= 4 is 0 Å². The number of nitrogens with one attached hydrogen (secondary N) is 1. The van der Waals surface area contributed by atoms with Crippen LogP contribution in [0.2, 0.25) is 0 Å². The van der Waals surface area contributed by atoms with Crippen LogP contribution in [0.5, 0.6) is 0 Å². The molecule has 0 aromatic carbocycles. The van der Waals surface area contributed by atoms with Crippen LogP contribution in [0.4, 0.5) is 0 Å². The number of hydrogen-bond donors (Lipinski definition) is 1. The Kier molecular flexibility index (Phi) is 4.81. The topological polar surface area (TPSA) is 29.9 Å². The zero-order valence-electron chi connectivity index (χ0n) is 12.1. The van der Waals surface area contributed by atoms with E-state index in [0.717, 1.165) is 18.2 Å². The van der Waals surface area contributed by atoms with E-state index in [1.807, 2.05) is 0 Å². The number of nitrogens with zero attached hydrogens (tertiary/aromatic N) is 2. The summed E-state index contributed by atoms with van der Waals surface area (Å²) in [5, 5.41) is 8.16. The molecule has 3 heteroatoms. The molecule has 0 aliphatic heterocycles. The van der Waals surface area contributed by atoms with Crippen molar-refractivity contribution in [2.24, 2.45) is 13.0 Å². The van der Waals surface area contributed by atoms with Crippen molar-refractivity contribution in [3.63, 3.8) is 0 Å². The minimum atomic E-state index is 0.702. The maximum absolute atomic E-state index is 4.47. The van der Waals surface area contributed by atoms with Gasteiger partial charge in [-0.25, -0.2) is 0 Å². The molecule has 0 amide bonds. The molecule has 2 atom stereocenters. The molecule has 102 valence electrons. The first kappa shape index (κ1) is 13.6. The van der Waals surface area contributed by atoms with Crippen molar-refractivity contribution in [1.82, 2.24) is 15.1 Å². The fourth-order valence-electron chi connectivity index (χ4n) is 3.28. The first-order valence-corrected chi connectivity index (χ1v) is 7.43. The first-order chi connectivity index (χ1) is 8.70. The van der Waals surface area contributed by atoms with Crippen molar-refractivity contribution in [1.29, 1.82) is 0 Å². The summed E-state index contributed by atoms with van der Waals surface area (Å²) >= 11 is 0. The summed E-state index contributed by atoms with van der Waals surface area (Å²) in [4.78, 5) is 0. The molecule has 2 rings (SSSR count). The molecular formula is C15H27N3. The van der Waals surface area contributed by atoms with Gasteiger partial charge in [0.15, 0.2) is 0 Å². The fraction of sp³-hybridized carbons (Fsp3) is 0.800. The summed E-state index contributed by atoms with van der Waals surface area (Å²) in [6, 6.07) is 2.95. The lowest BCUT2D eigenvalue weighted by molar-refractivity contribution is 0.332. The highest BCUT2D eigenvalue weighted by molar-refractivity contribution is 5.10. The zero-order chi connectivity index (χ0) is 13.0.